The normalized spacial score (nSPS) is 11.3. The maximum atomic E-state index is 11.5. The molecule has 0 fully saturated rings. The predicted octanol–water partition coefficient (Wildman–Crippen LogP) is 1.41. The zero-order chi connectivity index (χ0) is 13.9. The van der Waals surface area contributed by atoms with Gasteiger partial charge in [0.15, 0.2) is 9.84 Å². The Labute approximate surface area is 118 Å². The Balaban J connectivity index is 3.14. The summed E-state index contributed by atoms with van der Waals surface area (Å²) < 4.78 is 23.4. The summed E-state index contributed by atoms with van der Waals surface area (Å²) in [7, 11) is -3.54. The number of halogens is 2. The Morgan fingerprint density at radius 3 is 2.61 bits per heavy atom. The summed E-state index contributed by atoms with van der Waals surface area (Å²) in [5, 5.41) is 12.3. The highest BCUT2D eigenvalue weighted by atomic mass is 79.9. The minimum Gasteiger partial charge on any atom is -0.506 e. The van der Waals surface area contributed by atoms with Crippen LogP contribution in [0, 0.1) is 0 Å². The monoisotopic (exact) mass is 355 g/mol. The number of rotatable bonds is 4. The Kier molecular flexibility index (Phi) is 5.01. The van der Waals surface area contributed by atoms with Crippen molar-refractivity contribution in [1.82, 2.24) is 5.32 Å². The molecule has 0 heterocycles. The molecule has 0 saturated carbocycles. The first kappa shape index (κ1) is 15.3. The molecule has 5 nitrogen and oxygen atoms in total. The number of carbonyl (C=O) groups is 1. The fourth-order valence-electron chi connectivity index (χ4n) is 1.29. The molecular weight excluding hydrogens is 346 g/mol. The van der Waals surface area contributed by atoms with Crippen molar-refractivity contribution < 1.29 is 18.3 Å². The van der Waals surface area contributed by atoms with E-state index < -0.39 is 15.7 Å². The van der Waals surface area contributed by atoms with Gasteiger partial charge in [-0.25, -0.2) is 8.42 Å². The van der Waals surface area contributed by atoms with E-state index in [1.54, 1.807) is 0 Å². The van der Waals surface area contributed by atoms with Crippen molar-refractivity contribution in [3.63, 3.8) is 0 Å². The van der Waals surface area contributed by atoms with Gasteiger partial charge in [0.2, 0.25) is 5.91 Å². The van der Waals surface area contributed by atoms with Gasteiger partial charge in [-0.05, 0) is 12.1 Å². The van der Waals surface area contributed by atoms with E-state index in [9.17, 15) is 18.3 Å². The lowest BCUT2D eigenvalue weighted by atomic mass is 10.2. The standard InChI is InChI=1S/C10H11BrClNO4S/c1-18(16,17)8-3-7(11)2-6(10(8)15)5-13-9(14)4-12/h2-3,15H,4-5H2,1H3,(H,13,14). The van der Waals surface area contributed by atoms with Crippen molar-refractivity contribution in [1.29, 1.82) is 0 Å². The first-order chi connectivity index (χ1) is 8.25. The number of hydrogen-bond donors (Lipinski definition) is 2. The van der Waals surface area contributed by atoms with E-state index in [-0.39, 0.29) is 23.1 Å². The second-order valence-corrected chi connectivity index (χ2v) is 6.76. The summed E-state index contributed by atoms with van der Waals surface area (Å²) in [4.78, 5) is 10.8. The summed E-state index contributed by atoms with van der Waals surface area (Å²) in [6.45, 7) is -0.000648. The smallest absolute Gasteiger partial charge is 0.235 e. The first-order valence-corrected chi connectivity index (χ1v) is 8.01. The highest BCUT2D eigenvalue weighted by molar-refractivity contribution is 9.10. The number of amides is 1. The van der Waals surface area contributed by atoms with Gasteiger partial charge in [-0.3, -0.25) is 4.79 Å². The van der Waals surface area contributed by atoms with E-state index in [0.29, 0.717) is 10.0 Å². The molecule has 0 spiro atoms. The van der Waals surface area contributed by atoms with Crippen LogP contribution >= 0.6 is 27.5 Å². The average Bonchev–Trinajstić information content (AvgIpc) is 2.27. The van der Waals surface area contributed by atoms with E-state index >= 15 is 0 Å². The van der Waals surface area contributed by atoms with E-state index in [2.05, 4.69) is 21.2 Å². The number of aromatic hydroxyl groups is 1. The van der Waals surface area contributed by atoms with E-state index in [0.717, 1.165) is 6.26 Å². The first-order valence-electron chi connectivity index (χ1n) is 4.80. The summed E-state index contributed by atoms with van der Waals surface area (Å²) in [6.07, 6.45) is 0.996. The molecule has 0 aromatic heterocycles. The molecule has 1 aromatic rings. The molecule has 0 aliphatic heterocycles. The number of sulfone groups is 1. The molecule has 18 heavy (non-hydrogen) atoms. The van der Waals surface area contributed by atoms with Crippen LogP contribution < -0.4 is 5.32 Å². The van der Waals surface area contributed by atoms with Crippen LogP contribution in [0.2, 0.25) is 0 Å². The molecule has 1 amide bonds. The molecule has 1 rings (SSSR count). The van der Waals surface area contributed by atoms with Gasteiger partial charge in [-0.1, -0.05) is 15.9 Å². The number of phenolic OH excluding ortho intramolecular Hbond substituents is 1. The maximum absolute atomic E-state index is 11.5. The quantitative estimate of drug-likeness (QED) is 0.799. The molecule has 8 heteroatoms. The van der Waals surface area contributed by atoms with Crippen LogP contribution in [-0.2, 0) is 21.2 Å². The number of nitrogens with one attached hydrogen (secondary N) is 1. The summed E-state index contributed by atoms with van der Waals surface area (Å²) in [5.74, 6) is -0.972. The zero-order valence-corrected chi connectivity index (χ0v) is 12.6. The molecule has 0 atom stereocenters. The van der Waals surface area contributed by atoms with Crippen LogP contribution in [-0.4, -0.2) is 31.6 Å². The van der Waals surface area contributed by atoms with Crippen molar-refractivity contribution in [3.05, 3.63) is 22.2 Å². The molecule has 2 N–H and O–H groups in total. The lowest BCUT2D eigenvalue weighted by Crippen LogP contribution is -2.23. The van der Waals surface area contributed by atoms with Crippen molar-refractivity contribution in [2.75, 3.05) is 12.1 Å². The summed E-state index contributed by atoms with van der Waals surface area (Å²) in [6, 6.07) is 2.83. The van der Waals surface area contributed by atoms with Gasteiger partial charge in [0.1, 0.15) is 16.5 Å². The van der Waals surface area contributed by atoms with E-state index in [1.807, 2.05) is 0 Å². The third kappa shape index (κ3) is 3.86. The minimum atomic E-state index is -3.54. The third-order valence-electron chi connectivity index (χ3n) is 2.12. The van der Waals surface area contributed by atoms with E-state index in [1.165, 1.54) is 12.1 Å². The Morgan fingerprint density at radius 2 is 2.11 bits per heavy atom. The van der Waals surface area contributed by atoms with Gasteiger partial charge >= 0.3 is 0 Å². The topological polar surface area (TPSA) is 83.5 Å². The summed E-state index contributed by atoms with van der Waals surface area (Å²) in [5.41, 5.74) is 0.295. The fraction of sp³-hybridized carbons (Fsp3) is 0.300. The number of alkyl halides is 1. The Hall–Kier alpha value is -0.790. The molecule has 0 radical (unpaired) electrons. The summed E-state index contributed by atoms with van der Waals surface area (Å²) >= 11 is 8.46. The minimum absolute atomic E-state index is 0.000648. The van der Waals surface area contributed by atoms with Crippen LogP contribution in [0.3, 0.4) is 0 Å². The van der Waals surface area contributed by atoms with Crippen LogP contribution in [0.25, 0.3) is 0 Å². The molecule has 1 aromatic carbocycles. The second kappa shape index (κ2) is 5.90. The van der Waals surface area contributed by atoms with Crippen molar-refractivity contribution in [2.45, 2.75) is 11.4 Å². The van der Waals surface area contributed by atoms with Gasteiger partial charge in [0, 0.05) is 22.8 Å². The molecule has 100 valence electrons. The average molecular weight is 357 g/mol. The van der Waals surface area contributed by atoms with Crippen molar-refractivity contribution >= 4 is 43.3 Å². The molecule has 0 unspecified atom stereocenters. The number of hydrogen-bond acceptors (Lipinski definition) is 4. The van der Waals surface area contributed by atoms with Gasteiger partial charge in [0.05, 0.1) is 0 Å². The zero-order valence-electron chi connectivity index (χ0n) is 9.41. The third-order valence-corrected chi connectivity index (χ3v) is 3.93. The largest absolute Gasteiger partial charge is 0.506 e. The molecule has 0 bridgehead atoms. The maximum Gasteiger partial charge on any atom is 0.235 e. The van der Waals surface area contributed by atoms with Crippen LogP contribution in [0.1, 0.15) is 5.56 Å². The van der Waals surface area contributed by atoms with Crippen LogP contribution in [0.4, 0.5) is 0 Å². The fourth-order valence-corrected chi connectivity index (χ4v) is 2.86. The Bertz CT molecular complexity index is 573. The number of phenols is 1. The van der Waals surface area contributed by atoms with E-state index in [4.69, 9.17) is 11.6 Å². The SMILES string of the molecule is CS(=O)(=O)c1cc(Br)cc(CNC(=O)CCl)c1O. The van der Waals surface area contributed by atoms with Gasteiger partial charge in [0.25, 0.3) is 0 Å². The van der Waals surface area contributed by atoms with Crippen molar-refractivity contribution in [3.8, 4) is 5.75 Å². The number of benzene rings is 1. The Morgan fingerprint density at radius 1 is 1.50 bits per heavy atom. The number of carbonyl (C=O) groups excluding carboxylic acids is 1. The van der Waals surface area contributed by atoms with Gasteiger partial charge in [-0.2, -0.15) is 0 Å². The van der Waals surface area contributed by atoms with Crippen molar-refractivity contribution in [2.24, 2.45) is 0 Å². The lowest BCUT2D eigenvalue weighted by Gasteiger charge is -2.10. The van der Waals surface area contributed by atoms with Crippen LogP contribution in [0.5, 0.6) is 5.75 Å². The van der Waals surface area contributed by atoms with Crippen LogP contribution in [0.15, 0.2) is 21.5 Å². The molecule has 0 aliphatic rings. The van der Waals surface area contributed by atoms with Gasteiger partial charge in [-0.15, -0.1) is 11.6 Å². The predicted molar refractivity (Wildman–Crippen MR) is 71.5 cm³/mol. The highest BCUT2D eigenvalue weighted by Gasteiger charge is 2.17. The van der Waals surface area contributed by atoms with Gasteiger partial charge < -0.3 is 10.4 Å². The molecule has 0 saturated heterocycles. The molecule has 0 aliphatic carbocycles. The second-order valence-electron chi connectivity index (χ2n) is 3.59. The lowest BCUT2D eigenvalue weighted by molar-refractivity contribution is -0.118. The molecular formula is C10H11BrClNO4S. The highest BCUT2D eigenvalue weighted by Crippen LogP contribution is 2.30.